The highest BCUT2D eigenvalue weighted by atomic mass is 16.5. The average Bonchev–Trinajstić information content (AvgIpc) is 3.67. The molecule has 0 saturated carbocycles. The number of carbonyl (C=O) groups is 2. The Balaban J connectivity index is 1.01. The summed E-state index contributed by atoms with van der Waals surface area (Å²) in [5.74, 6) is 1.13. The summed E-state index contributed by atoms with van der Waals surface area (Å²) in [6, 6.07) is 16.5. The maximum atomic E-state index is 12.0. The second-order valence-corrected chi connectivity index (χ2v) is 10.6. The molecular formula is C32H44N4O4. The number of rotatable bonds is 16. The second-order valence-electron chi connectivity index (χ2n) is 10.6. The molecule has 0 bridgehead atoms. The number of amides is 2. The van der Waals surface area contributed by atoms with Crippen LogP contribution in [0.4, 0.5) is 0 Å². The molecule has 2 heterocycles. The molecule has 2 saturated heterocycles. The molecule has 2 aliphatic rings. The van der Waals surface area contributed by atoms with Crippen LogP contribution in [0, 0.1) is 0 Å². The highest BCUT2D eigenvalue weighted by Crippen LogP contribution is 2.19. The van der Waals surface area contributed by atoms with Crippen molar-refractivity contribution in [1.29, 1.82) is 0 Å². The molecule has 216 valence electrons. The summed E-state index contributed by atoms with van der Waals surface area (Å²) >= 11 is 0. The van der Waals surface area contributed by atoms with Gasteiger partial charge in [-0.05, 0) is 100 Å². The molecule has 2 aliphatic heterocycles. The van der Waals surface area contributed by atoms with E-state index in [4.69, 9.17) is 9.47 Å². The first-order chi connectivity index (χ1) is 19.6. The fraction of sp³-hybridized carbons (Fsp3) is 0.500. The van der Waals surface area contributed by atoms with E-state index >= 15 is 0 Å². The smallest absolute Gasteiger partial charge is 0.244 e. The Kier molecular flexibility index (Phi) is 12.3. The first-order valence-electron chi connectivity index (χ1n) is 14.8. The maximum absolute atomic E-state index is 12.0. The maximum Gasteiger partial charge on any atom is 0.244 e. The van der Waals surface area contributed by atoms with E-state index in [0.717, 1.165) is 24.6 Å². The lowest BCUT2D eigenvalue weighted by molar-refractivity contribution is -0.118. The van der Waals surface area contributed by atoms with Crippen LogP contribution in [0.1, 0.15) is 49.7 Å². The van der Waals surface area contributed by atoms with Crippen LogP contribution >= 0.6 is 0 Å². The molecule has 2 N–H and O–H groups in total. The zero-order valence-corrected chi connectivity index (χ0v) is 23.6. The monoisotopic (exact) mass is 548 g/mol. The van der Waals surface area contributed by atoms with Crippen LogP contribution in [-0.4, -0.2) is 74.1 Å². The van der Waals surface area contributed by atoms with Gasteiger partial charge in [0.05, 0.1) is 13.2 Å². The van der Waals surface area contributed by atoms with Crippen LogP contribution in [0.3, 0.4) is 0 Å². The third kappa shape index (κ3) is 11.0. The molecule has 0 spiro atoms. The number of nitrogens with zero attached hydrogens (tertiary/aromatic N) is 2. The van der Waals surface area contributed by atoms with Gasteiger partial charge in [-0.2, -0.15) is 0 Å². The van der Waals surface area contributed by atoms with E-state index in [2.05, 4.69) is 44.7 Å². The lowest BCUT2D eigenvalue weighted by atomic mass is 10.2. The largest absolute Gasteiger partial charge is 0.494 e. The molecule has 2 aromatic rings. The minimum absolute atomic E-state index is 0.292. The van der Waals surface area contributed by atoms with Crippen LogP contribution in [0.2, 0.25) is 0 Å². The average molecular weight is 549 g/mol. The summed E-state index contributed by atoms with van der Waals surface area (Å²) in [5.41, 5.74) is 2.53. The van der Waals surface area contributed by atoms with Crippen molar-refractivity contribution < 1.29 is 19.1 Å². The van der Waals surface area contributed by atoms with Crippen molar-refractivity contribution in [3.05, 3.63) is 71.8 Å². The molecule has 0 radical (unpaired) electrons. The molecule has 2 amide bonds. The minimum Gasteiger partial charge on any atom is -0.494 e. The van der Waals surface area contributed by atoms with Gasteiger partial charge < -0.3 is 20.1 Å². The normalized spacial score (nSPS) is 15.9. The van der Waals surface area contributed by atoms with E-state index in [1.807, 2.05) is 24.3 Å². The molecule has 0 aliphatic carbocycles. The van der Waals surface area contributed by atoms with Gasteiger partial charge in [0, 0.05) is 38.3 Å². The van der Waals surface area contributed by atoms with Crippen molar-refractivity contribution in [2.45, 2.75) is 51.6 Å². The summed E-state index contributed by atoms with van der Waals surface area (Å²) < 4.78 is 11.7. The highest BCUT2D eigenvalue weighted by Gasteiger charge is 2.13. The van der Waals surface area contributed by atoms with E-state index in [1.54, 1.807) is 0 Å². The van der Waals surface area contributed by atoms with Crippen molar-refractivity contribution in [2.75, 3.05) is 52.5 Å². The van der Waals surface area contributed by atoms with Crippen molar-refractivity contribution in [3.8, 4) is 11.5 Å². The first-order valence-corrected chi connectivity index (χ1v) is 14.8. The third-order valence-electron chi connectivity index (χ3n) is 7.17. The zero-order valence-electron chi connectivity index (χ0n) is 23.6. The molecule has 4 rings (SSSR count). The van der Waals surface area contributed by atoms with Gasteiger partial charge in [-0.15, -0.1) is 0 Å². The number of likely N-dealkylation sites (tertiary alicyclic amines) is 2. The molecule has 0 aromatic heterocycles. The summed E-state index contributed by atoms with van der Waals surface area (Å²) in [4.78, 5) is 29.0. The van der Waals surface area contributed by atoms with Crippen molar-refractivity contribution in [1.82, 2.24) is 20.4 Å². The number of nitrogens with one attached hydrogen (secondary N) is 2. The fourth-order valence-electron chi connectivity index (χ4n) is 5.08. The second kappa shape index (κ2) is 16.7. The number of hydrogen-bond acceptors (Lipinski definition) is 6. The highest BCUT2D eigenvalue weighted by molar-refractivity contribution is 5.96. The van der Waals surface area contributed by atoms with Crippen LogP contribution in [0.25, 0.3) is 0 Å². The van der Waals surface area contributed by atoms with Crippen molar-refractivity contribution in [2.24, 2.45) is 0 Å². The number of carbonyl (C=O) groups excluding carboxylic acids is 2. The molecule has 0 atom stereocenters. The van der Waals surface area contributed by atoms with Crippen LogP contribution < -0.4 is 20.1 Å². The Morgan fingerprint density at radius 2 is 1.10 bits per heavy atom. The van der Waals surface area contributed by atoms with E-state index in [9.17, 15) is 9.59 Å². The Morgan fingerprint density at radius 1 is 0.675 bits per heavy atom. The predicted octanol–water partition coefficient (Wildman–Crippen LogP) is 3.90. The van der Waals surface area contributed by atoms with Gasteiger partial charge >= 0.3 is 0 Å². The first kappa shape index (κ1) is 29.6. The van der Waals surface area contributed by atoms with Crippen molar-refractivity contribution in [3.63, 3.8) is 0 Å². The van der Waals surface area contributed by atoms with Gasteiger partial charge in [-0.25, -0.2) is 0 Å². The number of hydrogen-bond donors (Lipinski definition) is 2. The summed E-state index contributed by atoms with van der Waals surface area (Å²) in [6.45, 7) is 8.61. The Bertz CT molecular complexity index is 1010. The zero-order chi connectivity index (χ0) is 27.8. The SMILES string of the molecule is O=C(/C=C\C(=O)NCCCOc1cccc(CN2CCCC2)c1)NCCCOc1cccc(CN2CCCC2)c1. The third-order valence-corrected chi connectivity index (χ3v) is 7.17. The summed E-state index contributed by atoms with van der Waals surface area (Å²) in [6.07, 6.45) is 9.03. The number of benzene rings is 2. The van der Waals surface area contributed by atoms with Gasteiger partial charge in [0.2, 0.25) is 11.8 Å². The molecule has 40 heavy (non-hydrogen) atoms. The van der Waals surface area contributed by atoms with Crippen LogP contribution in [0.15, 0.2) is 60.7 Å². The van der Waals surface area contributed by atoms with Crippen LogP contribution in [0.5, 0.6) is 11.5 Å². The standard InChI is InChI=1S/C32H44N4O4/c37-31(33-15-7-21-39-29-11-5-9-27(23-29)25-35-17-1-2-18-35)13-14-32(38)34-16-8-22-40-30-12-6-10-28(24-30)26-36-19-3-4-20-36/h5-6,9-14,23-24H,1-4,7-8,15-22,25-26H2,(H,33,37)(H,34,38)/b14-13-. The van der Waals surface area contributed by atoms with Gasteiger partial charge in [0.25, 0.3) is 0 Å². The molecule has 2 aromatic carbocycles. The molecule has 8 nitrogen and oxygen atoms in total. The number of ether oxygens (including phenoxy) is 2. The van der Waals surface area contributed by atoms with E-state index < -0.39 is 0 Å². The Morgan fingerprint density at radius 3 is 1.52 bits per heavy atom. The lowest BCUT2D eigenvalue weighted by Crippen LogP contribution is -2.26. The van der Waals surface area contributed by atoms with E-state index in [1.165, 1.54) is 75.1 Å². The molecule has 0 unspecified atom stereocenters. The van der Waals surface area contributed by atoms with E-state index in [0.29, 0.717) is 39.1 Å². The molecule has 8 heteroatoms. The summed E-state index contributed by atoms with van der Waals surface area (Å²) in [5, 5.41) is 5.58. The Labute approximate surface area is 238 Å². The molecular weight excluding hydrogens is 504 g/mol. The topological polar surface area (TPSA) is 83.1 Å². The predicted molar refractivity (Wildman–Crippen MR) is 157 cm³/mol. The van der Waals surface area contributed by atoms with Gasteiger partial charge in [0.15, 0.2) is 0 Å². The fourth-order valence-corrected chi connectivity index (χ4v) is 5.08. The summed E-state index contributed by atoms with van der Waals surface area (Å²) in [7, 11) is 0. The lowest BCUT2D eigenvalue weighted by Gasteiger charge is -2.15. The molecule has 2 fully saturated rings. The van der Waals surface area contributed by atoms with Crippen LogP contribution in [-0.2, 0) is 22.7 Å². The Hall–Kier alpha value is -3.36. The van der Waals surface area contributed by atoms with Gasteiger partial charge in [-0.1, -0.05) is 24.3 Å². The van der Waals surface area contributed by atoms with Gasteiger partial charge in [-0.3, -0.25) is 19.4 Å². The quantitative estimate of drug-likeness (QED) is 0.245. The van der Waals surface area contributed by atoms with Crippen molar-refractivity contribution >= 4 is 11.8 Å². The van der Waals surface area contributed by atoms with E-state index in [-0.39, 0.29) is 11.8 Å². The minimum atomic E-state index is -0.292. The van der Waals surface area contributed by atoms with Gasteiger partial charge in [0.1, 0.15) is 11.5 Å².